The molecule has 1 aliphatic heterocycles. The number of aliphatic hydroxyl groups excluding tert-OH is 1. The van der Waals surface area contributed by atoms with E-state index >= 15 is 0 Å². The van der Waals surface area contributed by atoms with Crippen LogP contribution in [0, 0.1) is 6.92 Å². The Kier molecular flexibility index (Phi) is 3.24. The molecule has 0 radical (unpaired) electrons. The number of aromatic nitrogens is 2. The Balaban J connectivity index is 2.25. The van der Waals surface area contributed by atoms with Crippen LogP contribution >= 0.6 is 11.6 Å². The maximum absolute atomic E-state index is 9.53. The second-order valence-electron chi connectivity index (χ2n) is 4.62. The highest BCUT2D eigenvalue weighted by Gasteiger charge is 2.34. The molecule has 0 spiro atoms. The molecule has 1 fully saturated rings. The lowest BCUT2D eigenvalue weighted by Crippen LogP contribution is -2.45. The minimum absolute atomic E-state index is 0.150. The van der Waals surface area contributed by atoms with Crippen LogP contribution in [0.3, 0.4) is 0 Å². The molecule has 2 heterocycles. The molecule has 0 bridgehead atoms. The average molecular weight is 244 g/mol. The Labute approximate surface area is 101 Å². The van der Waals surface area contributed by atoms with Crippen molar-refractivity contribution in [3.63, 3.8) is 0 Å². The molecule has 1 aromatic heterocycles. The molecule has 5 heteroatoms. The van der Waals surface area contributed by atoms with Gasteiger partial charge in [-0.2, -0.15) is 5.10 Å². The van der Waals surface area contributed by atoms with Crippen molar-refractivity contribution in [2.45, 2.75) is 31.7 Å². The zero-order valence-corrected chi connectivity index (χ0v) is 10.5. The van der Waals surface area contributed by atoms with E-state index in [4.69, 9.17) is 11.6 Å². The van der Waals surface area contributed by atoms with Crippen molar-refractivity contribution in [2.24, 2.45) is 7.05 Å². The van der Waals surface area contributed by atoms with Crippen LogP contribution in [0.1, 0.15) is 24.1 Å². The first-order valence-corrected chi connectivity index (χ1v) is 6.00. The second kappa shape index (κ2) is 4.35. The third-order valence-corrected chi connectivity index (χ3v) is 3.89. The Morgan fingerprint density at radius 1 is 1.62 bits per heavy atom. The minimum Gasteiger partial charge on any atom is -0.394 e. The summed E-state index contributed by atoms with van der Waals surface area (Å²) < 4.78 is 1.69. The zero-order chi connectivity index (χ0) is 11.8. The van der Waals surface area contributed by atoms with Crippen molar-refractivity contribution in [1.29, 1.82) is 0 Å². The van der Waals surface area contributed by atoms with Crippen LogP contribution in [0.4, 0.5) is 0 Å². The smallest absolute Gasteiger partial charge is 0.130 e. The SMILES string of the molecule is Cc1nn(C)c(Cl)c1CC1(CO)CCCN1. The fourth-order valence-corrected chi connectivity index (χ4v) is 2.66. The Bertz CT molecular complexity index is 383. The molecule has 0 amide bonds. The molecule has 4 nitrogen and oxygen atoms in total. The van der Waals surface area contributed by atoms with Crippen LogP contribution in [0.5, 0.6) is 0 Å². The number of hydrogen-bond acceptors (Lipinski definition) is 3. The number of nitrogens with zero attached hydrogens (tertiary/aromatic N) is 2. The molecule has 0 aliphatic carbocycles. The fourth-order valence-electron chi connectivity index (χ4n) is 2.42. The first-order valence-electron chi connectivity index (χ1n) is 5.62. The number of aryl methyl sites for hydroxylation is 2. The van der Waals surface area contributed by atoms with E-state index in [1.54, 1.807) is 4.68 Å². The van der Waals surface area contributed by atoms with E-state index in [2.05, 4.69) is 10.4 Å². The zero-order valence-electron chi connectivity index (χ0n) is 9.76. The van der Waals surface area contributed by atoms with E-state index < -0.39 is 0 Å². The van der Waals surface area contributed by atoms with E-state index in [-0.39, 0.29) is 12.1 Å². The van der Waals surface area contributed by atoms with Crippen LogP contribution in [0.2, 0.25) is 5.15 Å². The van der Waals surface area contributed by atoms with Gasteiger partial charge in [-0.1, -0.05) is 11.6 Å². The summed E-state index contributed by atoms with van der Waals surface area (Å²) in [6.07, 6.45) is 2.85. The Morgan fingerprint density at radius 2 is 2.38 bits per heavy atom. The van der Waals surface area contributed by atoms with Gasteiger partial charge in [0.15, 0.2) is 0 Å². The maximum atomic E-state index is 9.53. The van der Waals surface area contributed by atoms with Gasteiger partial charge in [0.1, 0.15) is 5.15 Å². The molecule has 1 atom stereocenters. The van der Waals surface area contributed by atoms with Gasteiger partial charge in [-0.25, -0.2) is 0 Å². The summed E-state index contributed by atoms with van der Waals surface area (Å²) in [5.74, 6) is 0. The molecule has 1 aliphatic rings. The summed E-state index contributed by atoms with van der Waals surface area (Å²) in [6, 6.07) is 0. The van der Waals surface area contributed by atoms with Crippen molar-refractivity contribution < 1.29 is 5.11 Å². The normalized spacial score (nSPS) is 25.2. The number of aliphatic hydroxyl groups is 1. The van der Waals surface area contributed by atoms with Gasteiger partial charge in [0.05, 0.1) is 12.3 Å². The summed E-state index contributed by atoms with van der Waals surface area (Å²) in [4.78, 5) is 0. The minimum atomic E-state index is -0.197. The quantitative estimate of drug-likeness (QED) is 0.834. The second-order valence-corrected chi connectivity index (χ2v) is 4.98. The van der Waals surface area contributed by atoms with Gasteiger partial charge in [-0.15, -0.1) is 0 Å². The van der Waals surface area contributed by atoms with Crippen molar-refractivity contribution in [2.75, 3.05) is 13.2 Å². The predicted molar refractivity (Wildman–Crippen MR) is 63.7 cm³/mol. The van der Waals surface area contributed by atoms with Gasteiger partial charge in [-0.05, 0) is 32.7 Å². The summed E-state index contributed by atoms with van der Waals surface area (Å²) in [6.45, 7) is 3.08. The summed E-state index contributed by atoms with van der Waals surface area (Å²) >= 11 is 6.20. The molecule has 1 saturated heterocycles. The van der Waals surface area contributed by atoms with Crippen LogP contribution in [0.15, 0.2) is 0 Å². The lowest BCUT2D eigenvalue weighted by molar-refractivity contribution is 0.177. The fraction of sp³-hybridized carbons (Fsp3) is 0.727. The summed E-state index contributed by atoms with van der Waals surface area (Å²) in [5.41, 5.74) is 1.80. The highest BCUT2D eigenvalue weighted by Crippen LogP contribution is 2.28. The molecule has 2 N–H and O–H groups in total. The third kappa shape index (κ3) is 1.97. The monoisotopic (exact) mass is 243 g/mol. The van der Waals surface area contributed by atoms with E-state index in [9.17, 15) is 5.11 Å². The van der Waals surface area contributed by atoms with Crippen LogP contribution < -0.4 is 5.32 Å². The molecule has 1 aromatic rings. The Hall–Kier alpha value is -0.580. The van der Waals surface area contributed by atoms with E-state index in [0.717, 1.165) is 37.1 Å². The first kappa shape index (κ1) is 11.9. The molecule has 1 unspecified atom stereocenters. The van der Waals surface area contributed by atoms with Gasteiger partial charge < -0.3 is 10.4 Å². The van der Waals surface area contributed by atoms with Crippen molar-refractivity contribution in [3.05, 3.63) is 16.4 Å². The first-order chi connectivity index (χ1) is 7.58. The molecule has 0 saturated carbocycles. The maximum Gasteiger partial charge on any atom is 0.130 e. The summed E-state index contributed by atoms with van der Waals surface area (Å²) in [5, 5.41) is 17.9. The predicted octanol–water partition coefficient (Wildman–Crippen LogP) is 1.04. The lowest BCUT2D eigenvalue weighted by Gasteiger charge is -2.27. The van der Waals surface area contributed by atoms with Crippen LogP contribution in [0.25, 0.3) is 0 Å². The van der Waals surface area contributed by atoms with Gasteiger partial charge in [0.25, 0.3) is 0 Å². The third-order valence-electron chi connectivity index (χ3n) is 3.42. The van der Waals surface area contributed by atoms with Crippen LogP contribution in [-0.4, -0.2) is 33.6 Å². The van der Waals surface area contributed by atoms with Crippen molar-refractivity contribution in [1.82, 2.24) is 15.1 Å². The molecule has 0 aromatic carbocycles. The molecule has 90 valence electrons. The van der Waals surface area contributed by atoms with Gasteiger partial charge >= 0.3 is 0 Å². The number of halogens is 1. The van der Waals surface area contributed by atoms with Crippen LogP contribution in [-0.2, 0) is 13.5 Å². The Morgan fingerprint density at radius 3 is 2.81 bits per heavy atom. The summed E-state index contributed by atoms with van der Waals surface area (Å²) in [7, 11) is 1.84. The van der Waals surface area contributed by atoms with E-state index in [0.29, 0.717) is 5.15 Å². The average Bonchev–Trinajstić information content (AvgIpc) is 2.81. The number of hydrogen-bond donors (Lipinski definition) is 2. The van der Waals surface area contributed by atoms with Gasteiger partial charge in [0.2, 0.25) is 0 Å². The van der Waals surface area contributed by atoms with Crippen molar-refractivity contribution >= 4 is 11.6 Å². The topological polar surface area (TPSA) is 50.1 Å². The van der Waals surface area contributed by atoms with Gasteiger partial charge in [0, 0.05) is 18.2 Å². The molecule has 2 rings (SSSR count). The highest BCUT2D eigenvalue weighted by atomic mass is 35.5. The van der Waals surface area contributed by atoms with E-state index in [1.165, 1.54) is 0 Å². The van der Waals surface area contributed by atoms with Crippen molar-refractivity contribution in [3.8, 4) is 0 Å². The van der Waals surface area contributed by atoms with Gasteiger partial charge in [-0.3, -0.25) is 4.68 Å². The number of rotatable bonds is 3. The number of nitrogens with one attached hydrogen (secondary N) is 1. The molecular weight excluding hydrogens is 226 g/mol. The lowest BCUT2D eigenvalue weighted by atomic mass is 9.90. The highest BCUT2D eigenvalue weighted by molar-refractivity contribution is 6.30. The largest absolute Gasteiger partial charge is 0.394 e. The molecular formula is C11H18ClN3O. The molecule has 16 heavy (non-hydrogen) atoms. The van der Waals surface area contributed by atoms with E-state index in [1.807, 2.05) is 14.0 Å². The standard InChI is InChI=1S/C11H18ClN3O/c1-8-9(10(12)15(2)14-8)6-11(7-16)4-3-5-13-11/h13,16H,3-7H2,1-2H3.